The maximum Gasteiger partial charge on any atom is 0.157 e. The van der Waals surface area contributed by atoms with E-state index in [0.717, 1.165) is 38.9 Å². The number of ether oxygens (including phenoxy) is 2. The van der Waals surface area contributed by atoms with Crippen LogP contribution in [0.2, 0.25) is 0 Å². The average Bonchev–Trinajstić information content (AvgIpc) is 2.18. The van der Waals surface area contributed by atoms with E-state index in [2.05, 4.69) is 12.3 Å². The minimum atomic E-state index is -0.0160. The summed E-state index contributed by atoms with van der Waals surface area (Å²) in [5.74, 6) is 0. The highest BCUT2D eigenvalue weighted by molar-refractivity contribution is 4.74. The lowest BCUT2D eigenvalue weighted by atomic mass is 10.2. The van der Waals surface area contributed by atoms with Gasteiger partial charge >= 0.3 is 0 Å². The van der Waals surface area contributed by atoms with Crippen LogP contribution in [0.4, 0.5) is 0 Å². The fourth-order valence-corrected chi connectivity index (χ4v) is 1.25. The first-order chi connectivity index (χ1) is 6.85. The van der Waals surface area contributed by atoms with Crippen molar-refractivity contribution < 1.29 is 9.47 Å². The van der Waals surface area contributed by atoms with Gasteiger partial charge in [-0.15, -0.1) is 5.73 Å². The summed E-state index contributed by atoms with van der Waals surface area (Å²) >= 11 is 0. The molecule has 0 aromatic carbocycles. The molecule has 14 heavy (non-hydrogen) atoms. The van der Waals surface area contributed by atoms with Crippen LogP contribution in [0.3, 0.4) is 0 Å². The summed E-state index contributed by atoms with van der Waals surface area (Å²) < 4.78 is 10.9. The molecule has 0 amide bonds. The Balaban J connectivity index is 3.44. The average molecular weight is 198 g/mol. The molecule has 2 nitrogen and oxygen atoms in total. The normalized spacial score (nSPS) is 10.2. The van der Waals surface area contributed by atoms with Crippen molar-refractivity contribution in [3.8, 4) is 0 Å². The lowest BCUT2D eigenvalue weighted by Crippen LogP contribution is -2.16. The lowest BCUT2D eigenvalue weighted by molar-refractivity contribution is -0.140. The third-order valence-electron chi connectivity index (χ3n) is 1.89. The van der Waals surface area contributed by atoms with Crippen molar-refractivity contribution in [3.63, 3.8) is 0 Å². The van der Waals surface area contributed by atoms with Crippen molar-refractivity contribution in [1.82, 2.24) is 0 Å². The van der Waals surface area contributed by atoms with Crippen molar-refractivity contribution in [2.24, 2.45) is 0 Å². The minimum absolute atomic E-state index is 0.0160. The molecule has 0 N–H and O–H groups in total. The molecule has 0 heterocycles. The summed E-state index contributed by atoms with van der Waals surface area (Å²) in [6, 6.07) is 0. The Kier molecular flexibility index (Phi) is 10.1. The first-order valence-corrected chi connectivity index (χ1v) is 5.42. The van der Waals surface area contributed by atoms with Gasteiger partial charge in [-0.3, -0.25) is 0 Å². The van der Waals surface area contributed by atoms with E-state index >= 15 is 0 Å². The summed E-state index contributed by atoms with van der Waals surface area (Å²) in [5.41, 5.74) is 2.77. The molecule has 0 aromatic rings. The first kappa shape index (κ1) is 13.4. The van der Waals surface area contributed by atoms with Gasteiger partial charge in [0.05, 0.1) is 0 Å². The highest BCUT2D eigenvalue weighted by Crippen LogP contribution is 2.08. The molecule has 0 saturated carbocycles. The van der Waals surface area contributed by atoms with Gasteiger partial charge in [-0.05, 0) is 45.6 Å². The molecule has 0 saturated heterocycles. The highest BCUT2D eigenvalue weighted by Gasteiger charge is 2.06. The fourth-order valence-electron chi connectivity index (χ4n) is 1.25. The van der Waals surface area contributed by atoms with Crippen molar-refractivity contribution in [1.29, 1.82) is 0 Å². The molecule has 0 fully saturated rings. The molecule has 0 radical (unpaired) electrons. The predicted octanol–water partition coefficient (Wildman–Crippen LogP) is 3.29. The number of hydrogen-bond donors (Lipinski definition) is 0. The smallest absolute Gasteiger partial charge is 0.157 e. The topological polar surface area (TPSA) is 18.5 Å². The number of rotatable bonds is 9. The Labute approximate surface area is 87.6 Å². The fraction of sp³-hybridized carbons (Fsp3) is 0.750. The van der Waals surface area contributed by atoms with E-state index in [4.69, 9.17) is 9.47 Å². The summed E-state index contributed by atoms with van der Waals surface area (Å²) in [5, 5.41) is 0. The summed E-state index contributed by atoms with van der Waals surface area (Å²) in [6.45, 7) is 8.95. The van der Waals surface area contributed by atoms with Gasteiger partial charge in [0.2, 0.25) is 0 Å². The van der Waals surface area contributed by atoms with E-state index in [0.29, 0.717) is 0 Å². The minimum Gasteiger partial charge on any atom is -0.353 e. The number of hydrogen-bond acceptors (Lipinski definition) is 2. The van der Waals surface area contributed by atoms with Crippen LogP contribution in [-0.2, 0) is 9.47 Å². The van der Waals surface area contributed by atoms with Crippen LogP contribution in [0.1, 0.15) is 39.5 Å². The Morgan fingerprint density at radius 2 is 1.86 bits per heavy atom. The van der Waals surface area contributed by atoms with Crippen LogP contribution in [-0.4, -0.2) is 19.5 Å². The monoisotopic (exact) mass is 198 g/mol. The van der Waals surface area contributed by atoms with Gasteiger partial charge in [0.25, 0.3) is 0 Å². The third kappa shape index (κ3) is 8.06. The van der Waals surface area contributed by atoms with Gasteiger partial charge in [-0.1, -0.05) is 6.58 Å². The lowest BCUT2D eigenvalue weighted by Gasteiger charge is -2.16. The van der Waals surface area contributed by atoms with Crippen molar-refractivity contribution in [2.75, 3.05) is 13.2 Å². The maximum absolute atomic E-state index is 5.43. The third-order valence-corrected chi connectivity index (χ3v) is 1.89. The van der Waals surface area contributed by atoms with Gasteiger partial charge < -0.3 is 9.47 Å². The molecular weight excluding hydrogens is 176 g/mol. The van der Waals surface area contributed by atoms with Crippen molar-refractivity contribution in [2.45, 2.75) is 45.8 Å². The van der Waals surface area contributed by atoms with Gasteiger partial charge in [-0.25, -0.2) is 0 Å². The molecule has 0 aliphatic heterocycles. The zero-order valence-corrected chi connectivity index (χ0v) is 9.42. The molecular formula is C12H22O2. The van der Waals surface area contributed by atoms with Crippen LogP contribution >= 0.6 is 0 Å². The number of unbranched alkanes of at least 4 members (excludes halogenated alkanes) is 2. The van der Waals surface area contributed by atoms with Gasteiger partial charge in [-0.2, -0.15) is 0 Å². The second-order valence-corrected chi connectivity index (χ2v) is 3.03. The zero-order chi connectivity index (χ0) is 10.6. The molecule has 0 atom stereocenters. The van der Waals surface area contributed by atoms with E-state index in [9.17, 15) is 0 Å². The van der Waals surface area contributed by atoms with Crippen LogP contribution in [0.25, 0.3) is 0 Å². The molecule has 0 aliphatic carbocycles. The van der Waals surface area contributed by atoms with Crippen LogP contribution in [0.5, 0.6) is 0 Å². The first-order valence-electron chi connectivity index (χ1n) is 5.42. The second kappa shape index (κ2) is 10.5. The maximum atomic E-state index is 5.43. The molecule has 2 heteroatoms. The van der Waals surface area contributed by atoms with Crippen molar-refractivity contribution >= 4 is 0 Å². The van der Waals surface area contributed by atoms with E-state index in [1.165, 1.54) is 0 Å². The SMILES string of the molecule is C=C=CCCCCC(OCC)OCC. The summed E-state index contributed by atoms with van der Waals surface area (Å²) in [4.78, 5) is 0. The second-order valence-electron chi connectivity index (χ2n) is 3.03. The largest absolute Gasteiger partial charge is 0.353 e. The Bertz CT molecular complexity index is 154. The van der Waals surface area contributed by atoms with Crippen LogP contribution in [0, 0.1) is 0 Å². The van der Waals surface area contributed by atoms with E-state index in [1.807, 2.05) is 19.9 Å². The molecule has 0 bridgehead atoms. The molecule has 0 unspecified atom stereocenters. The molecule has 0 spiro atoms. The van der Waals surface area contributed by atoms with Crippen LogP contribution < -0.4 is 0 Å². The standard InChI is InChI=1S/C12H22O2/c1-4-7-8-9-10-11-12(13-5-2)14-6-3/h7,12H,1,5-6,8-11H2,2-3H3. The summed E-state index contributed by atoms with van der Waals surface area (Å²) in [6.07, 6.45) is 6.26. The Morgan fingerprint density at radius 3 is 2.36 bits per heavy atom. The van der Waals surface area contributed by atoms with E-state index in [-0.39, 0.29) is 6.29 Å². The number of allylic oxidation sites excluding steroid dienone is 1. The van der Waals surface area contributed by atoms with Crippen LogP contribution in [0.15, 0.2) is 18.4 Å². The summed E-state index contributed by atoms with van der Waals surface area (Å²) in [7, 11) is 0. The van der Waals surface area contributed by atoms with Gasteiger partial charge in [0, 0.05) is 13.2 Å². The highest BCUT2D eigenvalue weighted by atomic mass is 16.7. The van der Waals surface area contributed by atoms with E-state index < -0.39 is 0 Å². The van der Waals surface area contributed by atoms with Gasteiger partial charge in [0.1, 0.15) is 0 Å². The Hall–Kier alpha value is -0.560. The van der Waals surface area contributed by atoms with Crippen molar-refractivity contribution in [3.05, 3.63) is 18.4 Å². The molecule has 0 aromatic heterocycles. The quantitative estimate of drug-likeness (QED) is 0.321. The molecule has 0 rings (SSSR count). The van der Waals surface area contributed by atoms with E-state index in [1.54, 1.807) is 0 Å². The molecule has 82 valence electrons. The zero-order valence-electron chi connectivity index (χ0n) is 9.42. The molecule has 0 aliphatic rings. The predicted molar refractivity (Wildman–Crippen MR) is 59.2 cm³/mol. The Morgan fingerprint density at radius 1 is 1.21 bits per heavy atom. The van der Waals surface area contributed by atoms with Gasteiger partial charge in [0.15, 0.2) is 6.29 Å².